The zero-order valence-corrected chi connectivity index (χ0v) is 38.2. The Hall–Kier alpha value is -5.82. The lowest BCUT2D eigenvalue weighted by Crippen LogP contribution is -2.47. The summed E-state index contributed by atoms with van der Waals surface area (Å²) < 4.78 is 72.8. The first-order valence-corrected chi connectivity index (χ1v) is 23.9. The van der Waals surface area contributed by atoms with Crippen molar-refractivity contribution in [3.05, 3.63) is 111 Å². The minimum Gasteiger partial charge on any atom is -0.474 e. The van der Waals surface area contributed by atoms with Crippen LogP contribution in [0.1, 0.15) is 61.9 Å². The molecule has 0 spiro atoms. The first-order chi connectivity index (χ1) is 31.5. The van der Waals surface area contributed by atoms with Crippen molar-refractivity contribution in [3.63, 3.8) is 0 Å². The molecule has 0 saturated carbocycles. The Morgan fingerprint density at radius 1 is 0.955 bits per heavy atom. The second-order valence-electron chi connectivity index (χ2n) is 18.2. The fourth-order valence-electron chi connectivity index (χ4n) is 9.32. The third-order valence-electron chi connectivity index (χ3n) is 13.1. The topological polar surface area (TPSA) is 175 Å². The van der Waals surface area contributed by atoms with Gasteiger partial charge in [-0.05, 0) is 84.3 Å². The minimum absolute atomic E-state index is 0.0940. The third kappa shape index (κ3) is 9.54. The molecular weight excluding hydrogens is 894 g/mol. The summed E-state index contributed by atoms with van der Waals surface area (Å²) in [6, 6.07) is 17.3. The number of H-pyrrole nitrogens is 1. The van der Waals surface area contributed by atoms with E-state index >= 15 is 8.78 Å². The Labute approximate surface area is 386 Å². The number of carbonyl (C=O) groups excluding carboxylic acids is 1. The van der Waals surface area contributed by atoms with Crippen LogP contribution >= 0.6 is 11.6 Å². The van der Waals surface area contributed by atoms with Crippen molar-refractivity contribution in [2.24, 2.45) is 5.41 Å². The van der Waals surface area contributed by atoms with E-state index in [-0.39, 0.29) is 79.7 Å². The van der Waals surface area contributed by atoms with E-state index in [2.05, 4.69) is 46.2 Å². The summed E-state index contributed by atoms with van der Waals surface area (Å²) in [5.41, 5.74) is 2.91. The molecule has 0 bridgehead atoms. The molecule has 348 valence electrons. The van der Waals surface area contributed by atoms with Crippen LogP contribution in [0.2, 0.25) is 5.02 Å². The molecule has 2 saturated heterocycles. The average Bonchev–Trinajstić information content (AvgIpc) is 3.76. The number of ether oxygens (including phenoxy) is 2. The van der Waals surface area contributed by atoms with Gasteiger partial charge in [-0.1, -0.05) is 43.2 Å². The van der Waals surface area contributed by atoms with Crippen LogP contribution in [0, 0.1) is 21.3 Å². The van der Waals surface area contributed by atoms with E-state index in [1.807, 2.05) is 33.9 Å². The van der Waals surface area contributed by atoms with Gasteiger partial charge in [-0.2, -0.15) is 4.98 Å². The summed E-state index contributed by atoms with van der Waals surface area (Å²) in [6.07, 6.45) is 4.93. The van der Waals surface area contributed by atoms with Crippen molar-refractivity contribution in [1.82, 2.24) is 19.6 Å². The highest BCUT2D eigenvalue weighted by atomic mass is 35.5. The van der Waals surface area contributed by atoms with Crippen molar-refractivity contribution in [1.29, 1.82) is 0 Å². The number of sulfonamides is 1. The normalized spacial score (nSPS) is 18.7. The number of nitrogens with one attached hydrogen (secondary N) is 3. The maximum atomic E-state index is 16.6. The summed E-state index contributed by atoms with van der Waals surface area (Å²) >= 11 is 6.24. The quantitative estimate of drug-likeness (QED) is 0.0804. The smallest absolute Gasteiger partial charge is 0.293 e. The fourth-order valence-corrected chi connectivity index (χ4v) is 10.4. The second-order valence-corrected chi connectivity index (χ2v) is 20.3. The van der Waals surface area contributed by atoms with Crippen LogP contribution in [0.25, 0.3) is 16.6 Å². The Balaban J connectivity index is 0.995. The van der Waals surface area contributed by atoms with Gasteiger partial charge in [0.1, 0.15) is 35.1 Å². The zero-order valence-electron chi connectivity index (χ0n) is 36.7. The predicted molar refractivity (Wildman–Crippen MR) is 250 cm³/mol. The number of allylic oxidation sites excluding steroid dienone is 1. The number of aromatic amines is 1. The SMILES string of the molecule is CC1(C)CCC(CN2CCN(c3cc(N4CCOc5nc6[nH]ccc6cc54)c(C(=O)NS(=O)(=O)c4ccc(NCC5(F)CCOCC5)c([N+](=O)[O-])c4)cc3F)CC2)=C(c2ccc(Cl)cc2)C1. The number of amides is 1. The Morgan fingerprint density at radius 2 is 1.71 bits per heavy atom. The molecule has 2 aromatic heterocycles. The van der Waals surface area contributed by atoms with Crippen molar-refractivity contribution in [3.8, 4) is 5.88 Å². The lowest BCUT2D eigenvalue weighted by atomic mass is 9.72. The molecule has 19 heteroatoms. The highest BCUT2D eigenvalue weighted by molar-refractivity contribution is 7.90. The van der Waals surface area contributed by atoms with Crippen LogP contribution in [0.3, 0.4) is 0 Å². The van der Waals surface area contributed by atoms with E-state index in [0.717, 1.165) is 55.5 Å². The standard InChI is InChI=1S/C47H51ClF2N8O7S/c1-46(2)11-9-32(36(27-46)30-3-5-33(48)6-4-30)28-55-15-17-56(18-16-55)40-26-39(57-19-22-65-45-42(57)23-31-10-14-51-43(31)53-45)35(25-37(40)49)44(59)54-66(62,63)34-7-8-38(41(24-34)58(60)61)52-29-47(50)12-20-64-21-13-47/h3-8,10,14,23-26,52H,9,11-13,15-22,27-29H2,1-2H3,(H,51,53)(H,54,59). The van der Waals surface area contributed by atoms with E-state index in [0.29, 0.717) is 42.5 Å². The largest absolute Gasteiger partial charge is 0.474 e. The molecule has 3 aliphatic heterocycles. The van der Waals surface area contributed by atoms with Crippen molar-refractivity contribution in [2.45, 2.75) is 56.5 Å². The lowest BCUT2D eigenvalue weighted by molar-refractivity contribution is -0.384. The second kappa shape index (κ2) is 18.1. The van der Waals surface area contributed by atoms with E-state index in [1.54, 1.807) is 17.2 Å². The molecule has 4 aliphatic rings. The number of nitro benzene ring substituents is 1. The number of hydrogen-bond donors (Lipinski definition) is 3. The summed E-state index contributed by atoms with van der Waals surface area (Å²) in [7, 11) is -4.78. The van der Waals surface area contributed by atoms with E-state index < -0.39 is 42.9 Å². The van der Waals surface area contributed by atoms with Gasteiger partial charge in [-0.15, -0.1) is 0 Å². The number of nitrogens with zero attached hydrogens (tertiary/aromatic N) is 5. The number of benzene rings is 3. The van der Waals surface area contributed by atoms with E-state index in [9.17, 15) is 23.3 Å². The van der Waals surface area contributed by atoms with Crippen LogP contribution in [0.4, 0.5) is 37.2 Å². The van der Waals surface area contributed by atoms with Crippen molar-refractivity contribution >= 4 is 72.6 Å². The Bertz CT molecular complexity index is 2830. The number of hydrogen-bond acceptors (Lipinski definition) is 12. The summed E-state index contributed by atoms with van der Waals surface area (Å²) in [5, 5.41) is 16.4. The van der Waals surface area contributed by atoms with Gasteiger partial charge < -0.3 is 29.6 Å². The third-order valence-corrected chi connectivity index (χ3v) is 14.7. The Morgan fingerprint density at radius 3 is 2.45 bits per heavy atom. The predicted octanol–water partition coefficient (Wildman–Crippen LogP) is 8.63. The van der Waals surface area contributed by atoms with Gasteiger partial charge in [0.25, 0.3) is 21.6 Å². The zero-order chi connectivity index (χ0) is 46.4. The number of fused-ring (bicyclic) bond motifs is 2. The molecule has 3 aromatic carbocycles. The number of halogens is 3. The number of alkyl halides is 1. The van der Waals surface area contributed by atoms with Crippen molar-refractivity contribution < 1.29 is 36.4 Å². The summed E-state index contributed by atoms with van der Waals surface area (Å²) in [4.78, 5) is 38.8. The number of piperazine rings is 1. The van der Waals surface area contributed by atoms with Gasteiger partial charge in [0.2, 0.25) is 5.88 Å². The number of aromatic nitrogens is 2. The van der Waals surface area contributed by atoms with E-state index in [4.69, 9.17) is 21.1 Å². The first-order valence-electron chi connectivity index (χ1n) is 22.1. The number of rotatable bonds is 12. The molecule has 9 rings (SSSR count). The molecule has 0 unspecified atom stereocenters. The maximum absolute atomic E-state index is 16.6. The molecule has 5 aromatic rings. The fraction of sp³-hybridized carbons (Fsp3) is 0.404. The highest BCUT2D eigenvalue weighted by Gasteiger charge is 2.35. The van der Waals surface area contributed by atoms with Gasteiger partial charge in [-0.3, -0.25) is 19.8 Å². The number of nitro groups is 1. The van der Waals surface area contributed by atoms with E-state index in [1.165, 1.54) is 16.7 Å². The molecule has 66 heavy (non-hydrogen) atoms. The van der Waals surface area contributed by atoms with Crippen LogP contribution in [0.15, 0.2) is 83.4 Å². The molecule has 3 N–H and O–H groups in total. The summed E-state index contributed by atoms with van der Waals surface area (Å²) in [6.45, 7) is 8.19. The van der Waals surface area contributed by atoms with Gasteiger partial charge in [0, 0.05) is 88.0 Å². The van der Waals surface area contributed by atoms with Crippen molar-refractivity contribution in [2.75, 3.05) is 80.8 Å². The minimum atomic E-state index is -4.78. The van der Waals surface area contributed by atoms with Crippen LogP contribution in [0.5, 0.6) is 5.88 Å². The maximum Gasteiger partial charge on any atom is 0.293 e. The molecule has 0 radical (unpaired) electrons. The van der Waals surface area contributed by atoms with Gasteiger partial charge in [0.05, 0.1) is 33.3 Å². The van der Waals surface area contributed by atoms with Crippen LogP contribution in [-0.2, 0) is 14.8 Å². The monoisotopic (exact) mass is 944 g/mol. The Kier molecular flexibility index (Phi) is 12.4. The molecule has 15 nitrogen and oxygen atoms in total. The number of anilines is 4. The molecule has 2 fully saturated rings. The van der Waals surface area contributed by atoms with Gasteiger partial charge >= 0.3 is 0 Å². The molecule has 0 atom stereocenters. The van der Waals surface area contributed by atoms with Crippen LogP contribution in [-0.4, -0.2) is 105 Å². The molecule has 1 aliphatic carbocycles. The molecule has 1 amide bonds. The average molecular weight is 945 g/mol. The van der Waals surface area contributed by atoms with Gasteiger partial charge in [0.15, 0.2) is 0 Å². The highest BCUT2D eigenvalue weighted by Crippen LogP contribution is 2.44. The van der Waals surface area contributed by atoms with Gasteiger partial charge in [-0.25, -0.2) is 21.9 Å². The summed E-state index contributed by atoms with van der Waals surface area (Å²) in [5.74, 6) is -1.62. The number of carbonyl (C=O) groups is 1. The molecule has 5 heterocycles. The lowest BCUT2D eigenvalue weighted by Gasteiger charge is -2.40. The first kappa shape index (κ1) is 45.3. The number of pyridine rings is 1. The molecular formula is C47H51ClF2N8O7S. The van der Waals surface area contributed by atoms with Crippen LogP contribution < -0.4 is 24.6 Å².